The first kappa shape index (κ1) is 21.7. The fourth-order valence-corrected chi connectivity index (χ4v) is 5.61. The summed E-state index contributed by atoms with van der Waals surface area (Å²) in [6.45, 7) is 7.15. The molecule has 1 saturated heterocycles. The van der Waals surface area contributed by atoms with E-state index in [4.69, 9.17) is 0 Å². The molecule has 0 radical (unpaired) electrons. The van der Waals surface area contributed by atoms with Gasteiger partial charge in [0.25, 0.3) is 5.56 Å². The monoisotopic (exact) mass is 481 g/mol. The van der Waals surface area contributed by atoms with Crippen molar-refractivity contribution in [3.05, 3.63) is 58.9 Å². The summed E-state index contributed by atoms with van der Waals surface area (Å²) >= 11 is 2.97. The van der Waals surface area contributed by atoms with Crippen LogP contribution in [0.2, 0.25) is 0 Å². The van der Waals surface area contributed by atoms with E-state index in [-0.39, 0.29) is 17.2 Å². The Morgan fingerprint density at radius 1 is 1.18 bits per heavy atom. The molecule has 33 heavy (non-hydrogen) atoms. The number of thioether (sulfide) groups is 1. The van der Waals surface area contributed by atoms with E-state index in [1.165, 1.54) is 11.8 Å². The van der Waals surface area contributed by atoms with Crippen LogP contribution in [0, 0.1) is 0 Å². The molecule has 1 aliphatic heterocycles. The predicted molar refractivity (Wildman–Crippen MR) is 131 cm³/mol. The van der Waals surface area contributed by atoms with Crippen LogP contribution in [0.4, 0.5) is 5.13 Å². The lowest BCUT2D eigenvalue weighted by molar-refractivity contribution is -0.128. The molecule has 0 bridgehead atoms. The summed E-state index contributed by atoms with van der Waals surface area (Å²) in [6, 6.07) is 7.38. The van der Waals surface area contributed by atoms with Crippen molar-refractivity contribution in [2.75, 3.05) is 36.8 Å². The highest BCUT2D eigenvalue weighted by Crippen LogP contribution is 2.23. The quantitative estimate of drug-likeness (QED) is 0.309. The summed E-state index contributed by atoms with van der Waals surface area (Å²) in [4.78, 5) is 34.5. The minimum Gasteiger partial charge on any atom is -0.346 e. The van der Waals surface area contributed by atoms with Gasteiger partial charge < -0.3 is 9.80 Å². The fourth-order valence-electron chi connectivity index (χ4n) is 4.07. The van der Waals surface area contributed by atoms with E-state index in [2.05, 4.69) is 26.7 Å². The molecule has 1 amide bonds. The highest BCUT2D eigenvalue weighted by molar-refractivity contribution is 7.99. The van der Waals surface area contributed by atoms with Crippen LogP contribution in [0.5, 0.6) is 0 Å². The number of aromatic nitrogens is 5. The lowest BCUT2D eigenvalue weighted by Gasteiger charge is -2.21. The first-order valence-corrected chi connectivity index (χ1v) is 12.6. The maximum Gasteiger partial charge on any atom is 0.263 e. The van der Waals surface area contributed by atoms with Gasteiger partial charge in [0.2, 0.25) is 11.7 Å². The number of rotatable bonds is 6. The van der Waals surface area contributed by atoms with E-state index >= 15 is 0 Å². The van der Waals surface area contributed by atoms with E-state index in [0.717, 1.165) is 36.7 Å². The van der Waals surface area contributed by atoms with Crippen molar-refractivity contribution in [3.8, 4) is 0 Å². The highest BCUT2D eigenvalue weighted by atomic mass is 32.2. The maximum absolute atomic E-state index is 13.0. The number of allylic oxidation sites excluding steroid dienone is 1. The maximum atomic E-state index is 13.0. The van der Waals surface area contributed by atoms with Crippen molar-refractivity contribution in [1.29, 1.82) is 0 Å². The number of para-hydroxylation sites is 1. The summed E-state index contributed by atoms with van der Waals surface area (Å²) < 4.78 is 3.40. The molecule has 0 unspecified atom stereocenters. The topological polar surface area (TPSA) is 88.6 Å². The molecule has 4 aromatic rings. The number of thiazole rings is 1. The third kappa shape index (κ3) is 4.13. The van der Waals surface area contributed by atoms with E-state index in [1.54, 1.807) is 28.0 Å². The number of benzene rings is 1. The van der Waals surface area contributed by atoms with Crippen LogP contribution in [-0.2, 0) is 11.3 Å². The zero-order valence-corrected chi connectivity index (χ0v) is 19.6. The first-order chi connectivity index (χ1) is 16.2. The number of fused-ring (bicyclic) bond motifs is 3. The molecule has 4 heterocycles. The molecule has 9 nitrogen and oxygen atoms in total. The third-order valence-corrected chi connectivity index (χ3v) is 7.40. The molecule has 0 N–H and O–H groups in total. The molecule has 1 aromatic carbocycles. The lowest BCUT2D eigenvalue weighted by atomic mass is 10.2. The molecule has 0 saturated carbocycles. The van der Waals surface area contributed by atoms with Crippen LogP contribution in [0.25, 0.3) is 16.7 Å². The minimum atomic E-state index is -0.132. The van der Waals surface area contributed by atoms with Crippen molar-refractivity contribution in [2.24, 2.45) is 0 Å². The second-order valence-corrected chi connectivity index (χ2v) is 9.48. The van der Waals surface area contributed by atoms with Gasteiger partial charge >= 0.3 is 0 Å². The van der Waals surface area contributed by atoms with E-state index in [1.807, 2.05) is 39.1 Å². The third-order valence-electron chi connectivity index (χ3n) is 5.65. The standard InChI is InChI=1S/C22H23N7O2S2/c1-2-9-28-19(31)16-6-3-4-7-17(16)29-20(28)24-25-22(29)33-15-18(30)26-10-5-11-27(13-12-26)21-23-8-14-32-21/h2-4,6-8,14H,1,5,9-13,15H2. The molecule has 3 aromatic heterocycles. The van der Waals surface area contributed by atoms with Gasteiger partial charge in [-0.05, 0) is 18.6 Å². The fraction of sp³-hybridized carbons (Fsp3) is 0.318. The summed E-state index contributed by atoms with van der Waals surface area (Å²) in [5.74, 6) is 0.774. The number of carbonyl (C=O) groups excluding carboxylic acids is 1. The second-order valence-electron chi connectivity index (χ2n) is 7.66. The van der Waals surface area contributed by atoms with Crippen molar-refractivity contribution in [1.82, 2.24) is 29.0 Å². The lowest BCUT2D eigenvalue weighted by Crippen LogP contribution is -2.36. The summed E-state index contributed by atoms with van der Waals surface area (Å²) in [7, 11) is 0. The Hall–Kier alpha value is -3.18. The second kappa shape index (κ2) is 9.36. The normalized spacial score (nSPS) is 14.7. The molecular weight excluding hydrogens is 458 g/mol. The van der Waals surface area contributed by atoms with E-state index < -0.39 is 0 Å². The number of nitrogens with zero attached hydrogens (tertiary/aromatic N) is 7. The smallest absolute Gasteiger partial charge is 0.263 e. The van der Waals surface area contributed by atoms with Crippen LogP contribution in [0.3, 0.4) is 0 Å². The van der Waals surface area contributed by atoms with Crippen molar-refractivity contribution in [2.45, 2.75) is 18.1 Å². The molecule has 1 aliphatic rings. The minimum absolute atomic E-state index is 0.0708. The van der Waals surface area contributed by atoms with Gasteiger partial charge in [-0.15, -0.1) is 28.1 Å². The van der Waals surface area contributed by atoms with Crippen molar-refractivity contribution in [3.63, 3.8) is 0 Å². The SMILES string of the molecule is C=CCn1c(=O)c2ccccc2n2c(SCC(=O)N3CCCN(c4nccs4)CC3)nnc12. The van der Waals surface area contributed by atoms with Crippen LogP contribution < -0.4 is 10.5 Å². The predicted octanol–water partition coefficient (Wildman–Crippen LogP) is 2.52. The summed E-state index contributed by atoms with van der Waals surface area (Å²) in [6.07, 6.45) is 4.38. The zero-order chi connectivity index (χ0) is 22.8. The Kier molecular flexibility index (Phi) is 6.14. The Morgan fingerprint density at radius 3 is 2.88 bits per heavy atom. The van der Waals surface area contributed by atoms with Crippen LogP contribution in [0.1, 0.15) is 6.42 Å². The number of amides is 1. The molecule has 11 heteroatoms. The number of carbonyl (C=O) groups is 1. The van der Waals surface area contributed by atoms with Gasteiger partial charge in [-0.1, -0.05) is 30.0 Å². The van der Waals surface area contributed by atoms with Crippen molar-refractivity contribution >= 4 is 50.8 Å². The molecule has 170 valence electrons. The van der Waals surface area contributed by atoms with Gasteiger partial charge in [0.1, 0.15) is 0 Å². The Bertz CT molecular complexity index is 1360. The molecule has 1 fully saturated rings. The largest absolute Gasteiger partial charge is 0.346 e. The van der Waals surface area contributed by atoms with E-state index in [0.29, 0.717) is 29.4 Å². The first-order valence-electron chi connectivity index (χ1n) is 10.7. The van der Waals surface area contributed by atoms with Gasteiger partial charge in [0.05, 0.1) is 16.7 Å². The average molecular weight is 482 g/mol. The summed E-state index contributed by atoms with van der Waals surface area (Å²) in [5.41, 5.74) is 0.596. The number of anilines is 1. The molecule has 0 aliphatic carbocycles. The molecule has 0 spiro atoms. The Morgan fingerprint density at radius 2 is 2.06 bits per heavy atom. The number of hydrogen-bond donors (Lipinski definition) is 0. The molecule has 0 atom stereocenters. The van der Waals surface area contributed by atoms with Crippen LogP contribution >= 0.6 is 23.1 Å². The van der Waals surface area contributed by atoms with Crippen LogP contribution in [0.15, 0.2) is 58.4 Å². The van der Waals surface area contributed by atoms with Gasteiger partial charge in [-0.3, -0.25) is 18.6 Å². The van der Waals surface area contributed by atoms with E-state index in [9.17, 15) is 9.59 Å². The van der Waals surface area contributed by atoms with Gasteiger partial charge in [-0.2, -0.15) is 0 Å². The highest BCUT2D eigenvalue weighted by Gasteiger charge is 2.22. The van der Waals surface area contributed by atoms with Crippen LogP contribution in [-0.4, -0.2) is 66.9 Å². The van der Waals surface area contributed by atoms with Gasteiger partial charge in [0.15, 0.2) is 10.3 Å². The summed E-state index contributed by atoms with van der Waals surface area (Å²) in [5, 5.41) is 12.7. The van der Waals surface area contributed by atoms with Gasteiger partial charge in [0, 0.05) is 44.3 Å². The molecular formula is C22H23N7O2S2. The Labute approximate surface area is 198 Å². The molecule has 5 rings (SSSR count). The van der Waals surface area contributed by atoms with Gasteiger partial charge in [-0.25, -0.2) is 4.98 Å². The zero-order valence-electron chi connectivity index (χ0n) is 18.0. The average Bonchev–Trinajstić information content (AvgIpc) is 3.45. The number of hydrogen-bond acceptors (Lipinski definition) is 8. The Balaban J connectivity index is 1.36. The van der Waals surface area contributed by atoms with Crippen molar-refractivity contribution < 1.29 is 4.79 Å².